The van der Waals surface area contributed by atoms with Crippen LogP contribution in [0.3, 0.4) is 0 Å². The van der Waals surface area contributed by atoms with Crippen molar-refractivity contribution in [3.05, 3.63) is 56.2 Å². The van der Waals surface area contributed by atoms with Crippen molar-refractivity contribution in [1.29, 1.82) is 0 Å². The summed E-state index contributed by atoms with van der Waals surface area (Å²) >= 11 is 2.38. The molecule has 0 aliphatic heterocycles. The van der Waals surface area contributed by atoms with Gasteiger partial charge in [0.25, 0.3) is 0 Å². The minimum Gasteiger partial charge on any atom is -0.300 e. The van der Waals surface area contributed by atoms with Crippen LogP contribution in [0.4, 0.5) is 0 Å². The van der Waals surface area contributed by atoms with E-state index in [1.54, 1.807) is 5.57 Å². The molecule has 1 aromatic carbocycles. The average molecular weight is 514 g/mol. The van der Waals surface area contributed by atoms with E-state index in [1.165, 1.54) is 26.7 Å². The van der Waals surface area contributed by atoms with Gasteiger partial charge in [0.2, 0.25) is 0 Å². The number of Topliss-reactive ketones (excluding diaryl/α,β-unsaturated/α-hetero) is 1. The molecule has 0 heterocycles. The summed E-state index contributed by atoms with van der Waals surface area (Å²) in [5, 5.41) is 0. The van der Waals surface area contributed by atoms with Gasteiger partial charge in [0.15, 0.2) is 5.78 Å². The number of carbonyl (C=O) groups is 2. The third-order valence-corrected chi connectivity index (χ3v) is 9.50. The molecule has 0 amide bonds. The molecular formula is C27H31IO2. The summed E-state index contributed by atoms with van der Waals surface area (Å²) in [5.41, 5.74) is 5.89. The highest BCUT2D eigenvalue weighted by Gasteiger charge is 2.59. The Morgan fingerprint density at radius 1 is 1.13 bits per heavy atom. The zero-order valence-corrected chi connectivity index (χ0v) is 20.4. The molecule has 3 unspecified atom stereocenters. The number of carbonyl (C=O) groups excluding carboxylic acids is 2. The quantitative estimate of drug-likeness (QED) is 0.415. The van der Waals surface area contributed by atoms with Crippen molar-refractivity contribution in [1.82, 2.24) is 0 Å². The summed E-state index contributed by atoms with van der Waals surface area (Å²) in [6, 6.07) is 9.03. The van der Waals surface area contributed by atoms with E-state index in [1.807, 2.05) is 13.0 Å². The summed E-state index contributed by atoms with van der Waals surface area (Å²) in [5.74, 6) is 2.82. The van der Waals surface area contributed by atoms with Gasteiger partial charge in [0.1, 0.15) is 5.78 Å². The van der Waals surface area contributed by atoms with Crippen molar-refractivity contribution in [3.8, 4) is 0 Å². The molecule has 4 aliphatic rings. The molecule has 0 aromatic heterocycles. The number of ketones is 2. The minimum absolute atomic E-state index is 0.0688. The highest BCUT2D eigenvalue weighted by atomic mass is 127. The molecular weight excluding hydrogens is 483 g/mol. The van der Waals surface area contributed by atoms with Crippen LogP contribution in [0.1, 0.15) is 70.8 Å². The molecule has 5 rings (SSSR count). The maximum atomic E-state index is 12.8. The van der Waals surface area contributed by atoms with E-state index in [-0.39, 0.29) is 11.3 Å². The molecule has 0 N–H and O–H groups in total. The second-order valence-corrected chi connectivity index (χ2v) is 11.7. The lowest BCUT2D eigenvalue weighted by atomic mass is 9.51. The molecule has 30 heavy (non-hydrogen) atoms. The molecule has 2 fully saturated rings. The van der Waals surface area contributed by atoms with Crippen LogP contribution < -0.4 is 0 Å². The second kappa shape index (κ2) is 7.43. The first kappa shape index (κ1) is 20.7. The van der Waals surface area contributed by atoms with Crippen LogP contribution in [-0.2, 0) is 9.59 Å². The summed E-state index contributed by atoms with van der Waals surface area (Å²) in [6.45, 7) is 6.54. The Morgan fingerprint density at radius 2 is 1.87 bits per heavy atom. The molecule has 0 radical (unpaired) electrons. The number of benzene rings is 1. The maximum absolute atomic E-state index is 12.8. The van der Waals surface area contributed by atoms with Crippen molar-refractivity contribution in [2.75, 3.05) is 0 Å². The van der Waals surface area contributed by atoms with Gasteiger partial charge in [-0.2, -0.15) is 0 Å². The third kappa shape index (κ3) is 3.10. The topological polar surface area (TPSA) is 34.1 Å². The normalized spacial score (nSPS) is 37.9. The first-order chi connectivity index (χ1) is 14.3. The molecule has 3 heteroatoms. The van der Waals surface area contributed by atoms with Crippen molar-refractivity contribution in [2.45, 2.75) is 65.2 Å². The fourth-order valence-electron chi connectivity index (χ4n) is 7.89. The van der Waals surface area contributed by atoms with Crippen molar-refractivity contribution in [2.24, 2.45) is 29.1 Å². The minimum atomic E-state index is 0.0688. The lowest BCUT2D eigenvalue weighted by Crippen LogP contribution is -2.45. The second-order valence-electron chi connectivity index (χ2n) is 10.4. The van der Waals surface area contributed by atoms with Gasteiger partial charge in [-0.3, -0.25) is 9.59 Å². The van der Waals surface area contributed by atoms with Crippen LogP contribution in [0.15, 0.2) is 47.1 Å². The number of hydrogen-bond donors (Lipinski definition) is 0. The zero-order chi connectivity index (χ0) is 21.2. The molecule has 0 spiro atoms. The van der Waals surface area contributed by atoms with E-state index in [9.17, 15) is 9.59 Å². The van der Waals surface area contributed by atoms with Gasteiger partial charge in [-0.05, 0) is 120 Å². The zero-order valence-electron chi connectivity index (χ0n) is 18.2. The Kier molecular flexibility index (Phi) is 5.11. The number of allylic oxidation sites excluding steroid dienone is 4. The Hall–Kier alpha value is -1.23. The van der Waals surface area contributed by atoms with Crippen molar-refractivity contribution < 1.29 is 9.59 Å². The van der Waals surface area contributed by atoms with Crippen LogP contribution in [0.25, 0.3) is 0 Å². The number of halogens is 1. The van der Waals surface area contributed by atoms with E-state index in [2.05, 4.69) is 60.7 Å². The lowest BCUT2D eigenvalue weighted by Gasteiger charge is -2.52. The first-order valence-electron chi connectivity index (χ1n) is 11.5. The van der Waals surface area contributed by atoms with Gasteiger partial charge in [-0.25, -0.2) is 0 Å². The highest BCUT2D eigenvalue weighted by Crippen LogP contribution is 2.66. The number of fused-ring (bicyclic) bond motifs is 4. The number of rotatable bonds is 2. The van der Waals surface area contributed by atoms with Gasteiger partial charge in [0, 0.05) is 21.8 Å². The Labute approximate surface area is 193 Å². The van der Waals surface area contributed by atoms with E-state index >= 15 is 0 Å². The van der Waals surface area contributed by atoms with Crippen LogP contribution >= 0.6 is 22.6 Å². The molecule has 4 aliphatic carbocycles. The molecule has 158 valence electrons. The molecule has 6 atom stereocenters. The predicted molar refractivity (Wildman–Crippen MR) is 128 cm³/mol. The Morgan fingerprint density at radius 3 is 2.57 bits per heavy atom. The fourth-order valence-corrected chi connectivity index (χ4v) is 8.25. The SMILES string of the molecule is CC(=O)C1[C@H](C)CC2C3CCC4=CC(=O)CCC4=C3[C@@H](c3ccc(I)cc3)C[C@@]21C. The average Bonchev–Trinajstić information content (AvgIpc) is 2.97. The van der Waals surface area contributed by atoms with Gasteiger partial charge in [-0.15, -0.1) is 0 Å². The molecule has 0 bridgehead atoms. The van der Waals surface area contributed by atoms with Crippen molar-refractivity contribution in [3.63, 3.8) is 0 Å². The monoisotopic (exact) mass is 514 g/mol. The smallest absolute Gasteiger partial charge is 0.156 e. The van der Waals surface area contributed by atoms with E-state index in [0.29, 0.717) is 41.7 Å². The molecule has 2 nitrogen and oxygen atoms in total. The summed E-state index contributed by atoms with van der Waals surface area (Å²) in [6.07, 6.45) is 7.89. The summed E-state index contributed by atoms with van der Waals surface area (Å²) < 4.78 is 1.26. The summed E-state index contributed by atoms with van der Waals surface area (Å²) in [7, 11) is 0. The van der Waals surface area contributed by atoms with Gasteiger partial charge in [-0.1, -0.05) is 31.6 Å². The number of hydrogen-bond acceptors (Lipinski definition) is 2. The van der Waals surface area contributed by atoms with Crippen LogP contribution in [0.5, 0.6) is 0 Å². The van der Waals surface area contributed by atoms with E-state index in [4.69, 9.17) is 0 Å². The highest BCUT2D eigenvalue weighted by molar-refractivity contribution is 14.1. The van der Waals surface area contributed by atoms with E-state index < -0.39 is 0 Å². The van der Waals surface area contributed by atoms with Crippen LogP contribution in [0, 0.1) is 32.7 Å². The standard InChI is InChI=1S/C27H31IO2/c1-15-12-24-22-10-6-18-13-20(30)9-11-21(18)25(22)23(17-4-7-19(28)8-5-17)14-27(24,3)26(15)16(2)29/h4-5,7-8,13,15,22-24,26H,6,9-12,14H2,1-3H3/t15-,22?,23-,24?,26?,27+/m1/s1. The maximum Gasteiger partial charge on any atom is 0.156 e. The molecule has 1 aromatic rings. The van der Waals surface area contributed by atoms with Crippen molar-refractivity contribution >= 4 is 34.2 Å². The van der Waals surface area contributed by atoms with Crippen LogP contribution in [0.2, 0.25) is 0 Å². The Balaban J connectivity index is 1.69. The van der Waals surface area contributed by atoms with Crippen LogP contribution in [-0.4, -0.2) is 11.6 Å². The molecule has 2 saturated carbocycles. The fraction of sp³-hybridized carbons (Fsp3) is 0.556. The largest absolute Gasteiger partial charge is 0.300 e. The third-order valence-electron chi connectivity index (χ3n) is 8.78. The van der Waals surface area contributed by atoms with Gasteiger partial charge < -0.3 is 0 Å². The molecule has 0 saturated heterocycles. The van der Waals surface area contributed by atoms with Gasteiger partial charge in [0.05, 0.1) is 0 Å². The lowest BCUT2D eigenvalue weighted by molar-refractivity contribution is -0.126. The Bertz CT molecular complexity index is 969. The summed E-state index contributed by atoms with van der Waals surface area (Å²) in [4.78, 5) is 24.9. The van der Waals surface area contributed by atoms with Gasteiger partial charge >= 0.3 is 0 Å². The van der Waals surface area contributed by atoms with E-state index in [0.717, 1.165) is 25.7 Å². The predicted octanol–water partition coefficient (Wildman–Crippen LogP) is 6.64. The first-order valence-corrected chi connectivity index (χ1v) is 12.6.